The van der Waals surface area contributed by atoms with Crippen LogP contribution in [0.15, 0.2) is 22.7 Å². The van der Waals surface area contributed by atoms with E-state index in [9.17, 15) is 9.18 Å². The van der Waals surface area contributed by atoms with E-state index in [1.165, 1.54) is 18.2 Å². The van der Waals surface area contributed by atoms with Gasteiger partial charge < -0.3 is 5.32 Å². The lowest BCUT2D eigenvalue weighted by molar-refractivity contribution is 0.0950. The van der Waals surface area contributed by atoms with Gasteiger partial charge in [-0.15, -0.1) is 0 Å². The Morgan fingerprint density at radius 2 is 2.33 bits per heavy atom. The summed E-state index contributed by atoms with van der Waals surface area (Å²) in [5.74, 6) is -1.09. The molecule has 0 radical (unpaired) electrons. The van der Waals surface area contributed by atoms with E-state index in [1.54, 1.807) is 0 Å². The molecular weight excluding hydrogens is 263 g/mol. The summed E-state index contributed by atoms with van der Waals surface area (Å²) in [7, 11) is 0. The molecule has 15 heavy (non-hydrogen) atoms. The summed E-state index contributed by atoms with van der Waals surface area (Å²) in [6.07, 6.45) is 0.210. The second-order valence-corrected chi connectivity index (χ2v) is 3.70. The molecule has 1 aromatic carbocycles. The van der Waals surface area contributed by atoms with Gasteiger partial charge in [-0.25, -0.2) is 4.39 Å². The van der Waals surface area contributed by atoms with Crippen molar-refractivity contribution in [2.75, 3.05) is 6.54 Å². The van der Waals surface area contributed by atoms with Crippen molar-refractivity contribution in [3.8, 4) is 6.07 Å². The van der Waals surface area contributed by atoms with Gasteiger partial charge in [0.05, 0.1) is 18.1 Å². The molecule has 1 aromatic rings. The molecule has 0 atom stereocenters. The minimum Gasteiger partial charge on any atom is -0.351 e. The van der Waals surface area contributed by atoms with Crippen LogP contribution in [0.2, 0.25) is 0 Å². The van der Waals surface area contributed by atoms with Gasteiger partial charge in [0, 0.05) is 11.0 Å². The molecule has 0 saturated heterocycles. The predicted molar refractivity (Wildman–Crippen MR) is 56.7 cm³/mol. The quantitative estimate of drug-likeness (QED) is 0.857. The Bertz CT molecular complexity index is 414. The number of carbonyl (C=O) groups is 1. The summed E-state index contributed by atoms with van der Waals surface area (Å²) in [4.78, 5) is 11.4. The highest BCUT2D eigenvalue weighted by molar-refractivity contribution is 9.10. The number of nitrogens with zero attached hydrogens (tertiary/aromatic N) is 1. The SMILES string of the molecule is N#CCCNC(=O)c1cc(Br)ccc1F. The van der Waals surface area contributed by atoms with Gasteiger partial charge >= 0.3 is 0 Å². The van der Waals surface area contributed by atoms with Gasteiger partial charge in [0.25, 0.3) is 5.91 Å². The van der Waals surface area contributed by atoms with Crippen LogP contribution in [0, 0.1) is 17.1 Å². The number of hydrogen-bond donors (Lipinski definition) is 1. The van der Waals surface area contributed by atoms with Crippen LogP contribution >= 0.6 is 15.9 Å². The molecule has 0 heterocycles. The zero-order chi connectivity index (χ0) is 11.3. The first kappa shape index (κ1) is 11.7. The minimum absolute atomic E-state index is 0.0256. The molecule has 5 heteroatoms. The van der Waals surface area contributed by atoms with Gasteiger partial charge in [-0.1, -0.05) is 15.9 Å². The number of nitrogens with one attached hydrogen (secondary N) is 1. The van der Waals surface area contributed by atoms with Crippen molar-refractivity contribution in [1.82, 2.24) is 5.32 Å². The van der Waals surface area contributed by atoms with E-state index in [1.807, 2.05) is 6.07 Å². The maximum absolute atomic E-state index is 13.2. The van der Waals surface area contributed by atoms with Crippen LogP contribution in [0.5, 0.6) is 0 Å². The summed E-state index contributed by atoms with van der Waals surface area (Å²) in [6, 6.07) is 6.01. The number of halogens is 2. The Morgan fingerprint density at radius 3 is 3.00 bits per heavy atom. The summed E-state index contributed by atoms with van der Waals surface area (Å²) in [5, 5.41) is 10.7. The van der Waals surface area contributed by atoms with Crippen LogP contribution in [0.25, 0.3) is 0 Å². The van der Waals surface area contributed by atoms with Crippen molar-refractivity contribution in [3.63, 3.8) is 0 Å². The fourth-order valence-corrected chi connectivity index (χ4v) is 1.36. The molecular formula is C10H8BrFN2O. The first-order valence-electron chi connectivity index (χ1n) is 4.25. The smallest absolute Gasteiger partial charge is 0.254 e. The highest BCUT2D eigenvalue weighted by atomic mass is 79.9. The van der Waals surface area contributed by atoms with E-state index in [2.05, 4.69) is 21.2 Å². The van der Waals surface area contributed by atoms with E-state index < -0.39 is 11.7 Å². The van der Waals surface area contributed by atoms with Gasteiger partial charge in [-0.05, 0) is 18.2 Å². The van der Waals surface area contributed by atoms with Crippen molar-refractivity contribution in [2.45, 2.75) is 6.42 Å². The first-order valence-corrected chi connectivity index (χ1v) is 5.04. The molecule has 0 spiro atoms. The second-order valence-electron chi connectivity index (χ2n) is 2.79. The largest absolute Gasteiger partial charge is 0.351 e. The van der Waals surface area contributed by atoms with Gasteiger partial charge in [0.2, 0.25) is 0 Å². The Labute approximate surface area is 95.0 Å². The lowest BCUT2D eigenvalue weighted by Crippen LogP contribution is -2.25. The molecule has 0 bridgehead atoms. The number of hydrogen-bond acceptors (Lipinski definition) is 2. The molecule has 0 aliphatic rings. The van der Waals surface area contributed by atoms with Gasteiger partial charge in [0.1, 0.15) is 5.82 Å². The molecule has 0 saturated carbocycles. The Kier molecular flexibility index (Phi) is 4.25. The van der Waals surface area contributed by atoms with E-state index in [4.69, 9.17) is 5.26 Å². The summed E-state index contributed by atoms with van der Waals surface area (Å²) < 4.78 is 13.8. The Morgan fingerprint density at radius 1 is 1.60 bits per heavy atom. The van der Waals surface area contributed by atoms with Crippen molar-refractivity contribution in [3.05, 3.63) is 34.1 Å². The first-order chi connectivity index (χ1) is 7.15. The monoisotopic (exact) mass is 270 g/mol. The Balaban J connectivity index is 2.73. The van der Waals surface area contributed by atoms with E-state index in [-0.39, 0.29) is 18.5 Å². The number of nitriles is 1. The number of amides is 1. The molecule has 0 aliphatic heterocycles. The van der Waals surface area contributed by atoms with Crippen molar-refractivity contribution < 1.29 is 9.18 Å². The molecule has 0 fully saturated rings. The van der Waals surface area contributed by atoms with Crippen molar-refractivity contribution in [2.24, 2.45) is 0 Å². The number of rotatable bonds is 3. The van der Waals surface area contributed by atoms with E-state index >= 15 is 0 Å². The van der Waals surface area contributed by atoms with Crippen LogP contribution in [0.1, 0.15) is 16.8 Å². The fourth-order valence-electron chi connectivity index (χ4n) is 0.999. The normalized spacial score (nSPS) is 9.40. The molecule has 1 amide bonds. The fraction of sp³-hybridized carbons (Fsp3) is 0.200. The number of carbonyl (C=O) groups excluding carboxylic acids is 1. The maximum atomic E-state index is 13.2. The van der Waals surface area contributed by atoms with Gasteiger partial charge in [0.15, 0.2) is 0 Å². The molecule has 1 N–H and O–H groups in total. The summed E-state index contributed by atoms with van der Waals surface area (Å²) in [6.45, 7) is 0.223. The molecule has 0 aliphatic carbocycles. The topological polar surface area (TPSA) is 52.9 Å². The molecule has 0 aromatic heterocycles. The minimum atomic E-state index is -0.576. The predicted octanol–water partition coefficient (Wildman–Crippen LogP) is 2.23. The van der Waals surface area contributed by atoms with Crippen LogP contribution in [-0.4, -0.2) is 12.5 Å². The molecule has 78 valence electrons. The van der Waals surface area contributed by atoms with E-state index in [0.29, 0.717) is 4.47 Å². The third kappa shape index (κ3) is 3.33. The summed E-state index contributed by atoms with van der Waals surface area (Å²) in [5.41, 5.74) is -0.0256. The second kappa shape index (κ2) is 5.47. The Hall–Kier alpha value is -1.41. The van der Waals surface area contributed by atoms with Crippen LogP contribution in [0.3, 0.4) is 0 Å². The van der Waals surface area contributed by atoms with Crippen molar-refractivity contribution in [1.29, 1.82) is 5.26 Å². The van der Waals surface area contributed by atoms with Crippen LogP contribution in [0.4, 0.5) is 4.39 Å². The average molecular weight is 271 g/mol. The number of benzene rings is 1. The molecule has 3 nitrogen and oxygen atoms in total. The highest BCUT2D eigenvalue weighted by Gasteiger charge is 2.10. The van der Waals surface area contributed by atoms with Gasteiger partial charge in [-0.3, -0.25) is 4.79 Å². The van der Waals surface area contributed by atoms with Crippen LogP contribution in [-0.2, 0) is 0 Å². The third-order valence-corrected chi connectivity index (χ3v) is 2.19. The molecule has 0 unspecified atom stereocenters. The molecule has 1 rings (SSSR count). The van der Waals surface area contributed by atoms with Crippen molar-refractivity contribution >= 4 is 21.8 Å². The third-order valence-electron chi connectivity index (χ3n) is 1.70. The zero-order valence-corrected chi connectivity index (χ0v) is 9.34. The average Bonchev–Trinajstić information content (AvgIpc) is 2.22. The standard InChI is InChI=1S/C10H8BrFN2O/c11-7-2-3-9(12)8(6-7)10(15)14-5-1-4-13/h2-3,6H,1,5H2,(H,14,15). The highest BCUT2D eigenvalue weighted by Crippen LogP contribution is 2.15. The van der Waals surface area contributed by atoms with E-state index in [0.717, 1.165) is 0 Å². The lowest BCUT2D eigenvalue weighted by atomic mass is 10.2. The zero-order valence-electron chi connectivity index (χ0n) is 7.76. The van der Waals surface area contributed by atoms with Crippen LogP contribution < -0.4 is 5.32 Å². The van der Waals surface area contributed by atoms with Gasteiger partial charge in [-0.2, -0.15) is 5.26 Å². The maximum Gasteiger partial charge on any atom is 0.254 e. The summed E-state index contributed by atoms with van der Waals surface area (Å²) >= 11 is 3.15. The lowest BCUT2D eigenvalue weighted by Gasteiger charge is -2.04.